The van der Waals surface area contributed by atoms with Gasteiger partial charge in [0.25, 0.3) is 17.0 Å². The van der Waals surface area contributed by atoms with Crippen LogP contribution in [-0.4, -0.2) is 32.2 Å². The van der Waals surface area contributed by atoms with Crippen molar-refractivity contribution in [1.82, 2.24) is 14.5 Å². The zero-order valence-electron chi connectivity index (χ0n) is 14.5. The Bertz CT molecular complexity index is 868. The Balaban J connectivity index is 0.00000243. The molecule has 0 bridgehead atoms. The summed E-state index contributed by atoms with van der Waals surface area (Å²) in [5.74, 6) is -0.288. The molecule has 0 aliphatic heterocycles. The van der Waals surface area contributed by atoms with Crippen LogP contribution in [0.3, 0.4) is 0 Å². The van der Waals surface area contributed by atoms with Crippen molar-refractivity contribution in [2.75, 3.05) is 6.61 Å². The quantitative estimate of drug-likeness (QED) is 0.295. The number of aromatic nitrogens is 4. The Morgan fingerprint density at radius 3 is 2.73 bits per heavy atom. The van der Waals surface area contributed by atoms with E-state index in [1.54, 1.807) is 0 Å². The van der Waals surface area contributed by atoms with Gasteiger partial charge in [0.05, 0.1) is 13.2 Å². The van der Waals surface area contributed by atoms with E-state index in [9.17, 15) is 9.90 Å². The lowest BCUT2D eigenvalue weighted by Gasteiger charge is -2.00. The molecule has 0 fully saturated rings. The summed E-state index contributed by atoms with van der Waals surface area (Å²) in [5, 5.41) is 10.2. The van der Waals surface area contributed by atoms with Gasteiger partial charge in [0.2, 0.25) is 6.33 Å². The first-order valence-electron chi connectivity index (χ1n) is 8.24. The summed E-state index contributed by atoms with van der Waals surface area (Å²) in [6.45, 7) is 3.17. The van der Waals surface area contributed by atoms with E-state index in [0.29, 0.717) is 24.3 Å². The van der Waals surface area contributed by atoms with E-state index in [-0.39, 0.29) is 28.8 Å². The average molecular weight is 421 g/mol. The van der Waals surface area contributed by atoms with Crippen LogP contribution in [0.15, 0.2) is 43.0 Å². The first-order valence-corrected chi connectivity index (χ1v) is 8.24. The van der Waals surface area contributed by atoms with Crippen molar-refractivity contribution >= 4 is 17.1 Å². The Kier molecular flexibility index (Phi) is 7.08. The minimum atomic E-state index is -0.259. The molecule has 3 rings (SSSR count). The van der Waals surface area contributed by atoms with E-state index in [0.717, 1.165) is 24.9 Å². The number of imidazole rings is 1. The maximum atomic E-state index is 10.8. The largest absolute Gasteiger partial charge is 1.00 e. The molecule has 0 saturated carbocycles. The molecule has 3 aromatic rings. The molecule has 0 atom stereocenters. The van der Waals surface area contributed by atoms with Gasteiger partial charge in [0, 0.05) is 6.92 Å². The van der Waals surface area contributed by atoms with Crippen molar-refractivity contribution in [2.24, 2.45) is 0 Å². The number of aromatic hydroxyl groups is 1. The third-order valence-corrected chi connectivity index (χ3v) is 3.92. The molecule has 7 nitrogen and oxygen atoms in total. The van der Waals surface area contributed by atoms with Crippen LogP contribution >= 0.6 is 0 Å². The molecular formula is C18H21BrN4O3. The van der Waals surface area contributed by atoms with Crippen LogP contribution < -0.4 is 21.5 Å². The first-order chi connectivity index (χ1) is 12.1. The minimum absolute atomic E-state index is 0. The van der Waals surface area contributed by atoms with Crippen molar-refractivity contribution in [3.63, 3.8) is 0 Å². The lowest BCUT2D eigenvalue weighted by atomic mass is 10.2. The van der Waals surface area contributed by atoms with Gasteiger partial charge in [-0.15, -0.1) is 0 Å². The zero-order chi connectivity index (χ0) is 17.6. The highest BCUT2D eigenvalue weighted by atomic mass is 79.9. The second-order valence-electron chi connectivity index (χ2n) is 5.84. The third kappa shape index (κ3) is 4.78. The average Bonchev–Trinajstić information content (AvgIpc) is 2.94. The number of fused-ring (bicyclic) bond motifs is 1. The molecule has 0 aliphatic carbocycles. The van der Waals surface area contributed by atoms with Crippen LogP contribution in [-0.2, 0) is 22.6 Å². The van der Waals surface area contributed by atoms with Gasteiger partial charge in [-0.1, -0.05) is 30.3 Å². The number of carbonyl (C=O) groups excluding carboxylic acids is 1. The Morgan fingerprint density at radius 1 is 1.23 bits per heavy atom. The highest BCUT2D eigenvalue weighted by molar-refractivity contribution is 5.71. The fourth-order valence-electron chi connectivity index (χ4n) is 2.77. The Labute approximate surface area is 162 Å². The molecule has 138 valence electrons. The van der Waals surface area contributed by atoms with Crippen LogP contribution in [0.1, 0.15) is 25.3 Å². The number of rotatable bonds is 7. The van der Waals surface area contributed by atoms with Gasteiger partial charge in [0.15, 0.2) is 0 Å². The number of nitrogens with zero attached hydrogens (tertiary/aromatic N) is 4. The topological polar surface area (TPSA) is 81.1 Å². The molecule has 0 spiro atoms. The number of aryl methyl sites for hydroxylation is 1. The van der Waals surface area contributed by atoms with E-state index in [4.69, 9.17) is 4.74 Å². The van der Waals surface area contributed by atoms with Crippen LogP contribution in [0.4, 0.5) is 0 Å². The van der Waals surface area contributed by atoms with Gasteiger partial charge in [-0.25, -0.2) is 9.13 Å². The molecule has 1 N–H and O–H groups in total. The summed E-state index contributed by atoms with van der Waals surface area (Å²) < 4.78 is 8.90. The Morgan fingerprint density at radius 2 is 2.00 bits per heavy atom. The van der Waals surface area contributed by atoms with Crippen LogP contribution in [0, 0.1) is 0 Å². The predicted octanol–water partition coefficient (Wildman–Crippen LogP) is -1.18. The molecule has 0 amide bonds. The summed E-state index contributed by atoms with van der Waals surface area (Å²) in [4.78, 5) is 19.0. The molecule has 0 unspecified atom stereocenters. The van der Waals surface area contributed by atoms with E-state index in [1.165, 1.54) is 13.3 Å². The van der Waals surface area contributed by atoms with Crippen molar-refractivity contribution < 1.29 is 36.2 Å². The maximum Gasteiger partial charge on any atom is 0.302 e. The van der Waals surface area contributed by atoms with Gasteiger partial charge < -0.3 is 26.8 Å². The number of halogens is 1. The number of esters is 1. The standard InChI is InChI=1S/C18H20N4O3.BrH/c1-14(23)25-10-6-5-9-21-13-22(11-15-7-3-2-4-8-15)16-17(21)19-12-20-18(16)24;/h2-4,7-8,12-13H,5-6,9-11H2,1H3;1H. The van der Waals surface area contributed by atoms with Crippen LogP contribution in [0.25, 0.3) is 11.2 Å². The summed E-state index contributed by atoms with van der Waals surface area (Å²) in [6, 6.07) is 10.0. The molecule has 0 aliphatic rings. The second-order valence-corrected chi connectivity index (χ2v) is 5.84. The summed E-state index contributed by atoms with van der Waals surface area (Å²) >= 11 is 0. The number of hydrogen-bond acceptors (Lipinski definition) is 5. The van der Waals surface area contributed by atoms with Gasteiger partial charge in [-0.05, 0) is 18.4 Å². The van der Waals surface area contributed by atoms with Gasteiger partial charge in [-0.2, -0.15) is 9.97 Å². The number of hydrogen-bond donors (Lipinski definition) is 1. The van der Waals surface area contributed by atoms with Crippen LogP contribution in [0.5, 0.6) is 5.88 Å². The van der Waals surface area contributed by atoms with Crippen molar-refractivity contribution in [3.05, 3.63) is 48.5 Å². The van der Waals surface area contributed by atoms with Crippen molar-refractivity contribution in [3.8, 4) is 5.88 Å². The smallest absolute Gasteiger partial charge is 0.302 e. The summed E-state index contributed by atoms with van der Waals surface area (Å²) in [5.41, 5.74) is 2.44. The minimum Gasteiger partial charge on any atom is -1.00 e. The molecule has 0 radical (unpaired) electrons. The highest BCUT2D eigenvalue weighted by Crippen LogP contribution is 2.17. The molecular weight excluding hydrogens is 400 g/mol. The van der Waals surface area contributed by atoms with E-state index < -0.39 is 0 Å². The molecule has 8 heteroatoms. The lowest BCUT2D eigenvalue weighted by molar-refractivity contribution is -0.663. The summed E-state index contributed by atoms with van der Waals surface area (Å²) in [6.07, 6.45) is 4.92. The second kappa shape index (κ2) is 9.28. The monoisotopic (exact) mass is 420 g/mol. The lowest BCUT2D eigenvalue weighted by Crippen LogP contribution is -3.00. The number of benzene rings is 1. The van der Waals surface area contributed by atoms with Crippen molar-refractivity contribution in [2.45, 2.75) is 32.9 Å². The Hall–Kier alpha value is -2.48. The molecule has 26 heavy (non-hydrogen) atoms. The molecule has 0 saturated heterocycles. The SMILES string of the molecule is CC(=O)OCCCCn1c[n+](Cc2ccccc2)c2c(O)ncnc21.[Br-]. The van der Waals surface area contributed by atoms with E-state index in [2.05, 4.69) is 9.97 Å². The normalized spacial score (nSPS) is 10.5. The van der Waals surface area contributed by atoms with E-state index >= 15 is 0 Å². The van der Waals surface area contributed by atoms with Crippen LogP contribution in [0.2, 0.25) is 0 Å². The number of ether oxygens (including phenoxy) is 1. The molecule has 2 aromatic heterocycles. The predicted molar refractivity (Wildman–Crippen MR) is 90.8 cm³/mol. The highest BCUT2D eigenvalue weighted by Gasteiger charge is 2.21. The van der Waals surface area contributed by atoms with E-state index in [1.807, 2.05) is 45.8 Å². The van der Waals surface area contributed by atoms with Crippen molar-refractivity contribution in [1.29, 1.82) is 0 Å². The maximum absolute atomic E-state index is 10.8. The fourth-order valence-corrected chi connectivity index (χ4v) is 2.77. The summed E-state index contributed by atoms with van der Waals surface area (Å²) in [7, 11) is 0. The molecule has 2 heterocycles. The first kappa shape index (κ1) is 19.8. The van der Waals surface area contributed by atoms with Gasteiger partial charge in [-0.3, -0.25) is 4.79 Å². The number of unbranched alkanes of at least 4 members (excludes halogenated alkanes) is 1. The fraction of sp³-hybridized carbons (Fsp3) is 0.333. The third-order valence-electron chi connectivity index (χ3n) is 3.92. The number of carbonyl (C=O) groups is 1. The van der Waals surface area contributed by atoms with Gasteiger partial charge >= 0.3 is 5.97 Å². The molecule has 1 aromatic carbocycles. The van der Waals surface area contributed by atoms with Gasteiger partial charge in [0.1, 0.15) is 12.9 Å². The zero-order valence-corrected chi connectivity index (χ0v) is 16.1.